The Labute approximate surface area is 143 Å². The Morgan fingerprint density at radius 3 is 2.30 bits per heavy atom. The summed E-state index contributed by atoms with van der Waals surface area (Å²) < 4.78 is 14.6. The van der Waals surface area contributed by atoms with Crippen LogP contribution in [0.1, 0.15) is 56.9 Å². The highest BCUT2D eigenvalue weighted by Gasteiger charge is 2.22. The Hall–Kier alpha value is -1.34. The largest absolute Gasteiger partial charge is 0.206 e. The van der Waals surface area contributed by atoms with E-state index in [4.69, 9.17) is 11.6 Å². The molecule has 0 unspecified atom stereocenters. The van der Waals surface area contributed by atoms with E-state index in [2.05, 4.69) is 13.0 Å². The molecule has 2 aromatic carbocycles. The molecule has 122 valence electrons. The Morgan fingerprint density at radius 2 is 1.70 bits per heavy atom. The third-order valence-electron chi connectivity index (χ3n) is 5.16. The molecule has 0 heterocycles. The molecule has 2 aromatic rings. The molecule has 0 aromatic heterocycles. The van der Waals surface area contributed by atoms with Crippen LogP contribution in [0.25, 0.3) is 11.1 Å². The van der Waals surface area contributed by atoms with Crippen molar-refractivity contribution in [2.75, 3.05) is 0 Å². The highest BCUT2D eigenvalue weighted by atomic mass is 35.5. The second kappa shape index (κ2) is 7.49. The van der Waals surface area contributed by atoms with Crippen molar-refractivity contribution in [1.82, 2.24) is 0 Å². The Bertz CT molecular complexity index is 639. The van der Waals surface area contributed by atoms with Crippen molar-refractivity contribution >= 4 is 11.6 Å². The molecule has 23 heavy (non-hydrogen) atoms. The van der Waals surface area contributed by atoms with Crippen molar-refractivity contribution < 1.29 is 4.39 Å². The van der Waals surface area contributed by atoms with Gasteiger partial charge in [0.2, 0.25) is 0 Å². The number of rotatable bonds is 4. The molecule has 0 amide bonds. The molecule has 0 nitrogen and oxygen atoms in total. The van der Waals surface area contributed by atoms with Crippen LogP contribution < -0.4 is 0 Å². The van der Waals surface area contributed by atoms with E-state index in [0.717, 1.165) is 17.0 Å². The summed E-state index contributed by atoms with van der Waals surface area (Å²) >= 11 is 5.91. The van der Waals surface area contributed by atoms with Gasteiger partial charge in [-0.2, -0.15) is 0 Å². The Morgan fingerprint density at radius 1 is 1.00 bits per heavy atom. The molecule has 0 bridgehead atoms. The molecule has 0 radical (unpaired) electrons. The van der Waals surface area contributed by atoms with Crippen LogP contribution in [-0.4, -0.2) is 0 Å². The van der Waals surface area contributed by atoms with Crippen LogP contribution in [-0.2, 0) is 0 Å². The summed E-state index contributed by atoms with van der Waals surface area (Å²) in [6.45, 7) is 2.26. The maximum Gasteiger partial charge on any atom is 0.131 e. The zero-order chi connectivity index (χ0) is 16.2. The van der Waals surface area contributed by atoms with Gasteiger partial charge >= 0.3 is 0 Å². The van der Waals surface area contributed by atoms with Gasteiger partial charge in [-0.15, -0.1) is 0 Å². The summed E-state index contributed by atoms with van der Waals surface area (Å²) in [5.41, 5.74) is 2.70. The number of benzene rings is 2. The molecule has 1 fully saturated rings. The molecule has 3 rings (SSSR count). The highest BCUT2D eigenvalue weighted by molar-refractivity contribution is 6.30. The monoisotopic (exact) mass is 330 g/mol. The van der Waals surface area contributed by atoms with Crippen molar-refractivity contribution in [3.63, 3.8) is 0 Å². The van der Waals surface area contributed by atoms with Gasteiger partial charge in [0.15, 0.2) is 0 Å². The second-order valence-electron chi connectivity index (χ2n) is 6.75. The molecule has 1 saturated carbocycles. The summed E-state index contributed by atoms with van der Waals surface area (Å²) in [6, 6.07) is 13.1. The van der Waals surface area contributed by atoms with Crippen molar-refractivity contribution in [3.05, 3.63) is 58.9 Å². The van der Waals surface area contributed by atoms with E-state index >= 15 is 0 Å². The van der Waals surface area contributed by atoms with Crippen LogP contribution in [0.15, 0.2) is 42.5 Å². The van der Waals surface area contributed by atoms with E-state index in [1.807, 2.05) is 18.2 Å². The molecule has 0 saturated heterocycles. The fraction of sp³-hybridized carbons (Fsp3) is 0.429. The maximum atomic E-state index is 14.6. The highest BCUT2D eigenvalue weighted by Crippen LogP contribution is 2.38. The predicted octanol–water partition coefficient (Wildman–Crippen LogP) is 7.22. The lowest BCUT2D eigenvalue weighted by molar-refractivity contribution is 0.308. The Kier molecular flexibility index (Phi) is 5.38. The topological polar surface area (TPSA) is 0 Å². The minimum atomic E-state index is -0.125. The zero-order valence-corrected chi connectivity index (χ0v) is 14.5. The molecular weight excluding hydrogens is 307 g/mol. The van der Waals surface area contributed by atoms with E-state index in [-0.39, 0.29) is 5.82 Å². The van der Waals surface area contributed by atoms with Crippen molar-refractivity contribution in [2.45, 2.75) is 51.4 Å². The molecule has 1 aliphatic rings. The first-order valence-corrected chi connectivity index (χ1v) is 9.10. The summed E-state index contributed by atoms with van der Waals surface area (Å²) in [5.74, 6) is 1.28. The fourth-order valence-corrected chi connectivity index (χ4v) is 3.97. The smallest absolute Gasteiger partial charge is 0.131 e. The van der Waals surface area contributed by atoms with Gasteiger partial charge in [-0.1, -0.05) is 55.6 Å². The van der Waals surface area contributed by atoms with Crippen molar-refractivity contribution in [3.8, 4) is 11.1 Å². The molecular formula is C21H24ClF. The summed E-state index contributed by atoms with van der Waals surface area (Å²) in [7, 11) is 0. The predicted molar refractivity (Wildman–Crippen MR) is 96.5 cm³/mol. The van der Waals surface area contributed by atoms with E-state index in [1.165, 1.54) is 38.5 Å². The van der Waals surface area contributed by atoms with Gasteiger partial charge in [0.25, 0.3) is 0 Å². The number of hydrogen-bond acceptors (Lipinski definition) is 0. The maximum absolute atomic E-state index is 14.6. The van der Waals surface area contributed by atoms with Crippen LogP contribution >= 0.6 is 11.6 Å². The third-order valence-corrected chi connectivity index (χ3v) is 5.42. The molecule has 0 spiro atoms. The van der Waals surface area contributed by atoms with Crippen LogP contribution in [0.3, 0.4) is 0 Å². The lowest BCUT2D eigenvalue weighted by atomic mass is 9.77. The van der Waals surface area contributed by atoms with Gasteiger partial charge in [0, 0.05) is 10.6 Å². The van der Waals surface area contributed by atoms with Crippen molar-refractivity contribution in [2.24, 2.45) is 5.92 Å². The zero-order valence-electron chi connectivity index (χ0n) is 13.7. The number of halogens is 2. The van der Waals surface area contributed by atoms with Gasteiger partial charge in [0.05, 0.1) is 0 Å². The average Bonchev–Trinajstić information content (AvgIpc) is 2.57. The summed E-state index contributed by atoms with van der Waals surface area (Å²) in [5, 5.41) is 0.676. The van der Waals surface area contributed by atoms with Gasteiger partial charge in [-0.3, -0.25) is 0 Å². The first kappa shape index (κ1) is 16.5. The van der Waals surface area contributed by atoms with Crippen LogP contribution in [0, 0.1) is 11.7 Å². The van der Waals surface area contributed by atoms with E-state index in [9.17, 15) is 4.39 Å². The Balaban J connectivity index is 1.74. The van der Waals surface area contributed by atoms with E-state index < -0.39 is 0 Å². The van der Waals surface area contributed by atoms with Crippen LogP contribution in [0.4, 0.5) is 4.39 Å². The van der Waals surface area contributed by atoms with Gasteiger partial charge < -0.3 is 0 Å². The van der Waals surface area contributed by atoms with Gasteiger partial charge in [-0.25, -0.2) is 4.39 Å². The molecule has 1 aliphatic carbocycles. The van der Waals surface area contributed by atoms with Crippen LogP contribution in [0.5, 0.6) is 0 Å². The minimum absolute atomic E-state index is 0.125. The van der Waals surface area contributed by atoms with Gasteiger partial charge in [0.1, 0.15) is 5.82 Å². The number of hydrogen-bond donors (Lipinski definition) is 0. The molecule has 0 N–H and O–H groups in total. The molecule has 0 aliphatic heterocycles. The molecule has 2 heteroatoms. The normalized spacial score (nSPS) is 21.3. The van der Waals surface area contributed by atoms with Gasteiger partial charge in [-0.05, 0) is 66.8 Å². The SMILES string of the molecule is CCCC1CCC(c2ccc(-c3ccc(Cl)cc3)c(F)c2)CC1. The first-order valence-electron chi connectivity index (χ1n) is 8.72. The minimum Gasteiger partial charge on any atom is -0.206 e. The molecule has 0 atom stereocenters. The van der Waals surface area contributed by atoms with E-state index in [0.29, 0.717) is 16.5 Å². The quantitative estimate of drug-likeness (QED) is 0.555. The standard InChI is InChI=1S/C21H24ClF/c1-2-3-15-4-6-16(7-5-15)18-10-13-20(21(23)14-18)17-8-11-19(22)12-9-17/h8-16H,2-7H2,1H3. The lowest BCUT2D eigenvalue weighted by Crippen LogP contribution is -2.13. The average molecular weight is 331 g/mol. The second-order valence-corrected chi connectivity index (χ2v) is 7.19. The van der Waals surface area contributed by atoms with Crippen LogP contribution in [0.2, 0.25) is 5.02 Å². The summed E-state index contributed by atoms with van der Waals surface area (Å²) in [6.07, 6.45) is 7.60. The lowest BCUT2D eigenvalue weighted by Gasteiger charge is -2.28. The van der Waals surface area contributed by atoms with E-state index in [1.54, 1.807) is 18.2 Å². The fourth-order valence-electron chi connectivity index (χ4n) is 3.84. The first-order chi connectivity index (χ1) is 11.2. The summed E-state index contributed by atoms with van der Waals surface area (Å²) in [4.78, 5) is 0. The van der Waals surface area contributed by atoms with Crippen molar-refractivity contribution in [1.29, 1.82) is 0 Å². The third kappa shape index (κ3) is 3.95.